The third-order valence-corrected chi connectivity index (χ3v) is 5.34. The van der Waals surface area contributed by atoms with Gasteiger partial charge in [-0.3, -0.25) is 14.5 Å². The second-order valence-corrected chi connectivity index (χ2v) is 9.14. The number of allylic oxidation sites excluding steroid dienone is 1. The van der Waals surface area contributed by atoms with Crippen LogP contribution in [-0.2, 0) is 9.59 Å². The lowest BCUT2D eigenvalue weighted by Gasteiger charge is -2.48. The van der Waals surface area contributed by atoms with E-state index in [1.54, 1.807) is 4.90 Å². The van der Waals surface area contributed by atoms with E-state index in [1.807, 2.05) is 6.08 Å². The van der Waals surface area contributed by atoms with Gasteiger partial charge in [0.25, 0.3) is 0 Å². The Morgan fingerprint density at radius 1 is 1.08 bits per heavy atom. The van der Waals surface area contributed by atoms with Crippen LogP contribution in [0.2, 0.25) is 0 Å². The highest BCUT2D eigenvalue weighted by Gasteiger charge is 2.47. The SMILES string of the molecule is CCCCCCC=CC1CC(=O)N(C2CC(C)(C)NC(C)(C)C2)C1=O. The summed E-state index contributed by atoms with van der Waals surface area (Å²) in [6.45, 7) is 10.8. The van der Waals surface area contributed by atoms with Gasteiger partial charge >= 0.3 is 0 Å². The molecule has 2 saturated heterocycles. The molecule has 2 aliphatic rings. The first-order chi connectivity index (χ1) is 11.7. The quantitative estimate of drug-likeness (QED) is 0.426. The third kappa shape index (κ3) is 5.40. The second-order valence-electron chi connectivity index (χ2n) is 9.14. The van der Waals surface area contributed by atoms with Gasteiger partial charge in [0.15, 0.2) is 0 Å². The fraction of sp³-hybridized carbons (Fsp3) is 0.810. The molecule has 0 spiro atoms. The molecular weight excluding hydrogens is 312 g/mol. The molecule has 2 amide bonds. The molecule has 0 saturated carbocycles. The Labute approximate surface area is 153 Å². The number of rotatable bonds is 7. The summed E-state index contributed by atoms with van der Waals surface area (Å²) in [6.07, 6.45) is 12.0. The summed E-state index contributed by atoms with van der Waals surface area (Å²) >= 11 is 0. The fourth-order valence-electron chi connectivity index (χ4n) is 4.61. The van der Waals surface area contributed by atoms with E-state index in [0.717, 1.165) is 19.3 Å². The number of carbonyl (C=O) groups excluding carboxylic acids is 2. The highest BCUT2D eigenvalue weighted by atomic mass is 16.2. The number of hydrogen-bond acceptors (Lipinski definition) is 3. The van der Waals surface area contributed by atoms with Crippen molar-refractivity contribution in [2.45, 2.75) is 103 Å². The van der Waals surface area contributed by atoms with Crippen LogP contribution in [0.4, 0.5) is 0 Å². The normalized spacial score (nSPS) is 26.8. The minimum atomic E-state index is -0.250. The molecule has 1 N–H and O–H groups in total. The Kier molecular flexibility index (Phi) is 6.47. The van der Waals surface area contributed by atoms with E-state index in [4.69, 9.17) is 0 Å². The molecule has 2 rings (SSSR count). The summed E-state index contributed by atoms with van der Waals surface area (Å²) in [5.74, 6) is -0.239. The minimum Gasteiger partial charge on any atom is -0.307 e. The van der Waals surface area contributed by atoms with Gasteiger partial charge in [-0.05, 0) is 53.4 Å². The van der Waals surface area contributed by atoms with Crippen LogP contribution in [0.25, 0.3) is 0 Å². The van der Waals surface area contributed by atoms with Crippen molar-refractivity contribution in [3.8, 4) is 0 Å². The maximum atomic E-state index is 12.8. The molecular formula is C21H36N2O2. The van der Waals surface area contributed by atoms with Gasteiger partial charge in [0.2, 0.25) is 11.8 Å². The third-order valence-electron chi connectivity index (χ3n) is 5.34. The van der Waals surface area contributed by atoms with Crippen molar-refractivity contribution >= 4 is 11.8 Å². The van der Waals surface area contributed by atoms with Crippen molar-refractivity contribution in [3.63, 3.8) is 0 Å². The highest BCUT2D eigenvalue weighted by Crippen LogP contribution is 2.35. The van der Waals surface area contributed by atoms with E-state index < -0.39 is 0 Å². The van der Waals surface area contributed by atoms with Crippen LogP contribution in [0.1, 0.15) is 86.0 Å². The van der Waals surface area contributed by atoms with Crippen molar-refractivity contribution < 1.29 is 9.59 Å². The summed E-state index contributed by atoms with van der Waals surface area (Å²) in [4.78, 5) is 27.0. The molecule has 25 heavy (non-hydrogen) atoms. The number of piperidine rings is 1. The van der Waals surface area contributed by atoms with Gasteiger partial charge in [0.1, 0.15) is 0 Å². The molecule has 1 unspecified atom stereocenters. The number of unbranched alkanes of at least 4 members (excludes halogenated alkanes) is 4. The van der Waals surface area contributed by atoms with Gasteiger partial charge in [-0.15, -0.1) is 0 Å². The molecule has 4 heteroatoms. The maximum absolute atomic E-state index is 12.8. The van der Waals surface area contributed by atoms with Crippen LogP contribution in [0.15, 0.2) is 12.2 Å². The molecule has 0 aromatic rings. The number of hydrogen-bond donors (Lipinski definition) is 1. The van der Waals surface area contributed by atoms with Crippen molar-refractivity contribution in [1.82, 2.24) is 10.2 Å². The Balaban J connectivity index is 1.97. The summed E-state index contributed by atoms with van der Waals surface area (Å²) < 4.78 is 0. The highest BCUT2D eigenvalue weighted by molar-refractivity contribution is 6.04. The number of imide groups is 1. The molecule has 0 aromatic carbocycles. The van der Waals surface area contributed by atoms with E-state index in [1.165, 1.54) is 25.7 Å². The van der Waals surface area contributed by atoms with Crippen LogP contribution in [0.5, 0.6) is 0 Å². The maximum Gasteiger partial charge on any atom is 0.236 e. The Hall–Kier alpha value is -1.16. The summed E-state index contributed by atoms with van der Waals surface area (Å²) in [6, 6.07) is 0.00852. The Morgan fingerprint density at radius 2 is 1.72 bits per heavy atom. The van der Waals surface area contributed by atoms with E-state index in [9.17, 15) is 9.59 Å². The lowest BCUT2D eigenvalue weighted by molar-refractivity contribution is -0.143. The zero-order chi connectivity index (χ0) is 18.7. The van der Waals surface area contributed by atoms with Crippen molar-refractivity contribution in [2.75, 3.05) is 0 Å². The first kappa shape index (κ1) is 20.2. The zero-order valence-electron chi connectivity index (χ0n) is 16.7. The standard InChI is InChI=1S/C21H36N2O2/c1-6-7-8-9-10-11-12-16-13-18(24)23(19(16)25)17-14-20(2,3)22-21(4,5)15-17/h11-12,16-17,22H,6-10,13-15H2,1-5H3. The molecule has 0 aliphatic carbocycles. The van der Waals surface area contributed by atoms with Gasteiger partial charge in [-0.1, -0.05) is 38.3 Å². The van der Waals surface area contributed by atoms with Crippen molar-refractivity contribution in [2.24, 2.45) is 5.92 Å². The van der Waals surface area contributed by atoms with E-state index >= 15 is 0 Å². The van der Waals surface area contributed by atoms with Crippen molar-refractivity contribution in [3.05, 3.63) is 12.2 Å². The Bertz CT molecular complexity index is 506. The molecule has 2 fully saturated rings. The minimum absolute atomic E-state index is 0.00383. The van der Waals surface area contributed by atoms with Gasteiger partial charge in [-0.2, -0.15) is 0 Å². The molecule has 2 heterocycles. The van der Waals surface area contributed by atoms with Gasteiger partial charge in [0.05, 0.1) is 5.92 Å². The monoisotopic (exact) mass is 348 g/mol. The molecule has 0 radical (unpaired) electrons. The van der Waals surface area contributed by atoms with Crippen LogP contribution in [0.3, 0.4) is 0 Å². The van der Waals surface area contributed by atoms with Gasteiger partial charge in [-0.25, -0.2) is 0 Å². The first-order valence-corrected chi connectivity index (χ1v) is 9.97. The van der Waals surface area contributed by atoms with Crippen molar-refractivity contribution in [1.29, 1.82) is 0 Å². The molecule has 0 bridgehead atoms. The number of likely N-dealkylation sites (tertiary alicyclic amines) is 1. The Morgan fingerprint density at radius 3 is 2.32 bits per heavy atom. The van der Waals surface area contributed by atoms with Crippen LogP contribution in [-0.4, -0.2) is 33.8 Å². The second kappa shape index (κ2) is 8.03. The molecule has 142 valence electrons. The first-order valence-electron chi connectivity index (χ1n) is 9.97. The number of amides is 2. The van der Waals surface area contributed by atoms with Crippen LogP contribution in [0, 0.1) is 5.92 Å². The van der Waals surface area contributed by atoms with E-state index in [-0.39, 0.29) is 34.9 Å². The average molecular weight is 349 g/mol. The topological polar surface area (TPSA) is 49.4 Å². The molecule has 4 nitrogen and oxygen atoms in total. The number of nitrogens with one attached hydrogen (secondary N) is 1. The van der Waals surface area contributed by atoms with E-state index in [2.05, 4.69) is 46.0 Å². The predicted molar refractivity (Wildman–Crippen MR) is 102 cm³/mol. The summed E-state index contributed by atoms with van der Waals surface area (Å²) in [7, 11) is 0. The van der Waals surface area contributed by atoms with Gasteiger partial charge in [0, 0.05) is 23.5 Å². The average Bonchev–Trinajstić information content (AvgIpc) is 2.74. The smallest absolute Gasteiger partial charge is 0.236 e. The van der Waals surface area contributed by atoms with Crippen LogP contribution >= 0.6 is 0 Å². The summed E-state index contributed by atoms with van der Waals surface area (Å²) in [5.41, 5.74) is -0.139. The predicted octanol–water partition coefficient (Wildman–Crippen LogP) is 4.20. The molecule has 1 atom stereocenters. The lowest BCUT2D eigenvalue weighted by atomic mass is 9.79. The largest absolute Gasteiger partial charge is 0.307 e. The number of nitrogens with zero attached hydrogens (tertiary/aromatic N) is 1. The fourth-order valence-corrected chi connectivity index (χ4v) is 4.61. The van der Waals surface area contributed by atoms with Crippen LogP contribution < -0.4 is 5.32 Å². The van der Waals surface area contributed by atoms with E-state index in [0.29, 0.717) is 6.42 Å². The zero-order valence-corrected chi connectivity index (χ0v) is 16.7. The summed E-state index contributed by atoms with van der Waals surface area (Å²) in [5, 5.41) is 3.62. The molecule has 2 aliphatic heterocycles. The van der Waals surface area contributed by atoms with Gasteiger partial charge < -0.3 is 5.32 Å². The molecule has 0 aromatic heterocycles. The lowest BCUT2D eigenvalue weighted by Crippen LogP contribution is -2.62. The number of carbonyl (C=O) groups is 2.